The van der Waals surface area contributed by atoms with E-state index in [1.165, 1.54) is 0 Å². The van der Waals surface area contributed by atoms with E-state index >= 15 is 0 Å². The molecule has 0 spiro atoms. The Morgan fingerprint density at radius 1 is 1.11 bits per heavy atom. The van der Waals surface area contributed by atoms with E-state index in [1.54, 1.807) is 0 Å². The van der Waals surface area contributed by atoms with Gasteiger partial charge in [0, 0.05) is 18.1 Å². The lowest BCUT2D eigenvalue weighted by molar-refractivity contribution is 0.129. The van der Waals surface area contributed by atoms with Gasteiger partial charge >= 0.3 is 0 Å². The Bertz CT molecular complexity index is 376. The maximum atomic E-state index is 9.33. The number of aliphatic hydroxyl groups is 1. The largest absolute Gasteiger partial charge is 0.488 e. The van der Waals surface area contributed by atoms with Gasteiger partial charge in [0.15, 0.2) is 0 Å². The standard InChI is InChI=1S/C15H25NO2/c1-14(2,3)18-12-8-6-11(7-9-12)13(16)15(4,5)10-17/h6-9,13,17H,10,16H2,1-5H3/t13-/m1/s1. The first-order valence-electron chi connectivity index (χ1n) is 6.31. The van der Waals surface area contributed by atoms with Gasteiger partial charge in [-0.05, 0) is 38.5 Å². The molecule has 3 heteroatoms. The minimum Gasteiger partial charge on any atom is -0.488 e. The molecule has 0 heterocycles. The second kappa shape index (κ2) is 5.29. The average Bonchev–Trinajstić information content (AvgIpc) is 2.27. The van der Waals surface area contributed by atoms with Crippen LogP contribution in [0.5, 0.6) is 5.75 Å². The summed E-state index contributed by atoms with van der Waals surface area (Å²) in [6.45, 7) is 10.0. The lowest BCUT2D eigenvalue weighted by Crippen LogP contribution is -2.32. The van der Waals surface area contributed by atoms with Gasteiger partial charge in [-0.25, -0.2) is 0 Å². The van der Waals surface area contributed by atoms with Crippen molar-refractivity contribution in [3.05, 3.63) is 29.8 Å². The smallest absolute Gasteiger partial charge is 0.120 e. The van der Waals surface area contributed by atoms with E-state index < -0.39 is 0 Å². The molecule has 102 valence electrons. The molecule has 1 rings (SSSR count). The summed E-state index contributed by atoms with van der Waals surface area (Å²) in [5.74, 6) is 0.834. The summed E-state index contributed by atoms with van der Waals surface area (Å²) < 4.78 is 5.76. The van der Waals surface area contributed by atoms with E-state index in [1.807, 2.05) is 58.9 Å². The summed E-state index contributed by atoms with van der Waals surface area (Å²) in [5.41, 5.74) is 6.64. The molecule has 0 fully saturated rings. The molecule has 0 aromatic heterocycles. The summed E-state index contributed by atoms with van der Waals surface area (Å²) in [7, 11) is 0. The fourth-order valence-electron chi connectivity index (χ4n) is 1.65. The summed E-state index contributed by atoms with van der Waals surface area (Å²) >= 11 is 0. The fraction of sp³-hybridized carbons (Fsp3) is 0.600. The van der Waals surface area contributed by atoms with Gasteiger partial charge in [-0.3, -0.25) is 0 Å². The maximum absolute atomic E-state index is 9.33. The van der Waals surface area contributed by atoms with Crippen LogP contribution in [0.2, 0.25) is 0 Å². The molecule has 1 aromatic rings. The topological polar surface area (TPSA) is 55.5 Å². The van der Waals surface area contributed by atoms with Crippen LogP contribution in [0, 0.1) is 5.41 Å². The van der Waals surface area contributed by atoms with Crippen molar-refractivity contribution in [3.8, 4) is 5.75 Å². The summed E-state index contributed by atoms with van der Waals surface area (Å²) in [4.78, 5) is 0. The molecule has 0 aliphatic rings. The van der Waals surface area contributed by atoms with Crippen LogP contribution in [0.4, 0.5) is 0 Å². The van der Waals surface area contributed by atoms with Gasteiger partial charge in [-0.1, -0.05) is 26.0 Å². The predicted octanol–water partition coefficient (Wildman–Crippen LogP) is 2.88. The van der Waals surface area contributed by atoms with Gasteiger partial charge < -0.3 is 15.6 Å². The molecule has 1 atom stereocenters. The highest BCUT2D eigenvalue weighted by molar-refractivity contribution is 5.30. The minimum absolute atomic E-state index is 0.0639. The van der Waals surface area contributed by atoms with Crippen molar-refractivity contribution in [3.63, 3.8) is 0 Å². The van der Waals surface area contributed by atoms with E-state index in [2.05, 4.69) is 0 Å². The number of benzene rings is 1. The van der Waals surface area contributed by atoms with Crippen molar-refractivity contribution in [2.24, 2.45) is 11.1 Å². The Morgan fingerprint density at radius 2 is 1.61 bits per heavy atom. The zero-order chi connectivity index (χ0) is 14.0. The van der Waals surface area contributed by atoms with E-state index in [0.29, 0.717) is 0 Å². The average molecular weight is 251 g/mol. The molecular formula is C15H25NO2. The number of ether oxygens (including phenoxy) is 1. The van der Waals surface area contributed by atoms with Gasteiger partial charge in [0.05, 0.1) is 0 Å². The molecule has 1 aromatic carbocycles. The van der Waals surface area contributed by atoms with Gasteiger partial charge in [-0.15, -0.1) is 0 Å². The second-order valence-electron chi connectivity index (χ2n) is 6.41. The van der Waals surface area contributed by atoms with Crippen molar-refractivity contribution in [1.29, 1.82) is 0 Å². The minimum atomic E-state index is -0.327. The Kier molecular flexibility index (Phi) is 4.41. The Morgan fingerprint density at radius 3 is 2.00 bits per heavy atom. The molecule has 0 saturated heterocycles. The molecule has 3 N–H and O–H groups in total. The highest BCUT2D eigenvalue weighted by Gasteiger charge is 2.26. The SMILES string of the molecule is CC(C)(C)Oc1ccc([C@@H](N)C(C)(C)CO)cc1. The normalized spacial score (nSPS) is 14.4. The molecule has 0 unspecified atom stereocenters. The van der Waals surface area contributed by atoms with Crippen molar-refractivity contribution in [2.75, 3.05) is 6.61 Å². The highest BCUT2D eigenvalue weighted by atomic mass is 16.5. The molecule has 0 amide bonds. The Balaban J connectivity index is 2.83. The van der Waals surface area contributed by atoms with E-state index in [9.17, 15) is 5.11 Å². The van der Waals surface area contributed by atoms with Crippen molar-refractivity contribution in [1.82, 2.24) is 0 Å². The molecular weight excluding hydrogens is 226 g/mol. The summed E-state index contributed by atoms with van der Waals surface area (Å²) in [6, 6.07) is 7.58. The zero-order valence-electron chi connectivity index (χ0n) is 12.0. The van der Waals surface area contributed by atoms with Crippen molar-refractivity contribution in [2.45, 2.75) is 46.3 Å². The number of rotatable bonds is 4. The predicted molar refractivity (Wildman–Crippen MR) is 74.6 cm³/mol. The van der Waals surface area contributed by atoms with Gasteiger partial charge in [0.1, 0.15) is 11.4 Å². The number of nitrogens with two attached hydrogens (primary N) is 1. The van der Waals surface area contributed by atoms with Crippen LogP contribution in [0.25, 0.3) is 0 Å². The van der Waals surface area contributed by atoms with Crippen LogP contribution in [0.3, 0.4) is 0 Å². The van der Waals surface area contributed by atoms with Gasteiger partial charge in [-0.2, -0.15) is 0 Å². The first-order valence-corrected chi connectivity index (χ1v) is 6.31. The lowest BCUT2D eigenvalue weighted by Gasteiger charge is -2.30. The highest BCUT2D eigenvalue weighted by Crippen LogP contribution is 2.31. The first-order chi connectivity index (χ1) is 8.15. The van der Waals surface area contributed by atoms with Crippen molar-refractivity contribution < 1.29 is 9.84 Å². The fourth-order valence-corrected chi connectivity index (χ4v) is 1.65. The van der Waals surface area contributed by atoms with Crippen LogP contribution in [0.1, 0.15) is 46.2 Å². The molecule has 0 aliphatic carbocycles. The monoisotopic (exact) mass is 251 g/mol. The molecule has 0 saturated carbocycles. The molecule has 0 bridgehead atoms. The third kappa shape index (κ3) is 4.00. The first kappa shape index (κ1) is 15.0. The number of aliphatic hydroxyl groups excluding tert-OH is 1. The van der Waals surface area contributed by atoms with Gasteiger partial charge in [0.2, 0.25) is 0 Å². The van der Waals surface area contributed by atoms with Crippen LogP contribution >= 0.6 is 0 Å². The van der Waals surface area contributed by atoms with E-state index in [-0.39, 0.29) is 23.7 Å². The maximum Gasteiger partial charge on any atom is 0.120 e. The Labute approximate surface area is 110 Å². The third-order valence-electron chi connectivity index (χ3n) is 2.91. The molecule has 3 nitrogen and oxygen atoms in total. The molecule has 18 heavy (non-hydrogen) atoms. The Hall–Kier alpha value is -1.06. The summed E-state index contributed by atoms with van der Waals surface area (Å²) in [5, 5.41) is 9.33. The van der Waals surface area contributed by atoms with Gasteiger partial charge in [0.25, 0.3) is 0 Å². The number of hydrogen-bond donors (Lipinski definition) is 2. The number of hydrogen-bond acceptors (Lipinski definition) is 3. The quantitative estimate of drug-likeness (QED) is 0.865. The van der Waals surface area contributed by atoms with Crippen molar-refractivity contribution >= 4 is 0 Å². The molecule has 0 aliphatic heterocycles. The molecule has 0 radical (unpaired) electrons. The third-order valence-corrected chi connectivity index (χ3v) is 2.91. The lowest BCUT2D eigenvalue weighted by atomic mass is 9.82. The summed E-state index contributed by atoms with van der Waals surface area (Å²) in [6.07, 6.45) is 0. The van der Waals surface area contributed by atoms with Crippen LogP contribution in [0.15, 0.2) is 24.3 Å². The van der Waals surface area contributed by atoms with Crippen LogP contribution < -0.4 is 10.5 Å². The van der Waals surface area contributed by atoms with Crippen LogP contribution in [-0.2, 0) is 0 Å². The van der Waals surface area contributed by atoms with E-state index in [0.717, 1.165) is 11.3 Å². The van der Waals surface area contributed by atoms with E-state index in [4.69, 9.17) is 10.5 Å². The van der Waals surface area contributed by atoms with Crippen LogP contribution in [-0.4, -0.2) is 17.3 Å². The zero-order valence-corrected chi connectivity index (χ0v) is 12.0. The second-order valence-corrected chi connectivity index (χ2v) is 6.41.